The summed E-state index contributed by atoms with van der Waals surface area (Å²) >= 11 is 1.42. The van der Waals surface area contributed by atoms with Gasteiger partial charge in [0.2, 0.25) is 0 Å². The predicted molar refractivity (Wildman–Crippen MR) is 118 cm³/mol. The third-order valence-electron chi connectivity index (χ3n) is 4.58. The monoisotopic (exact) mass is 411 g/mol. The van der Waals surface area contributed by atoms with Crippen LogP contribution in [0.15, 0.2) is 52.3 Å². The van der Waals surface area contributed by atoms with Gasteiger partial charge < -0.3 is 19.9 Å². The third-order valence-corrected chi connectivity index (χ3v) is 5.65. The number of amides is 2. The smallest absolute Gasteiger partial charge is 0.264 e. The zero-order valence-electron chi connectivity index (χ0n) is 17.1. The molecule has 6 nitrogen and oxygen atoms in total. The molecule has 7 heteroatoms. The van der Waals surface area contributed by atoms with E-state index in [1.807, 2.05) is 55.4 Å². The van der Waals surface area contributed by atoms with Gasteiger partial charge in [-0.05, 0) is 56.1 Å². The summed E-state index contributed by atoms with van der Waals surface area (Å²) in [6.45, 7) is 1.34. The standard InChI is InChI=1S/C22H25N3O3S/c1-24(2)12-11-23-21(26)16-7-10-19-18(14-16)25(3)22(27)20(29-19)13-15-5-8-17(28-4)9-6-15/h5-10,13-14H,11-12H2,1-4H3,(H,23,26)/b20-13-. The second kappa shape index (κ2) is 9.15. The minimum Gasteiger partial charge on any atom is -0.497 e. The highest BCUT2D eigenvalue weighted by atomic mass is 32.2. The van der Waals surface area contributed by atoms with Crippen LogP contribution in [0, 0.1) is 0 Å². The molecule has 0 saturated heterocycles. The van der Waals surface area contributed by atoms with E-state index in [0.717, 1.165) is 28.4 Å². The average molecular weight is 412 g/mol. The Labute approximate surface area is 175 Å². The van der Waals surface area contributed by atoms with E-state index in [4.69, 9.17) is 4.74 Å². The normalized spacial score (nSPS) is 14.9. The van der Waals surface area contributed by atoms with E-state index in [1.54, 1.807) is 31.2 Å². The van der Waals surface area contributed by atoms with Crippen LogP contribution >= 0.6 is 11.8 Å². The Hall–Kier alpha value is -2.77. The fourth-order valence-electron chi connectivity index (χ4n) is 2.88. The average Bonchev–Trinajstić information content (AvgIpc) is 2.71. The van der Waals surface area contributed by atoms with Crippen molar-refractivity contribution in [1.82, 2.24) is 10.2 Å². The molecule has 1 heterocycles. The zero-order chi connectivity index (χ0) is 21.0. The van der Waals surface area contributed by atoms with Crippen LogP contribution in [0.2, 0.25) is 0 Å². The number of hydrogen-bond acceptors (Lipinski definition) is 5. The number of carbonyl (C=O) groups is 2. The molecule has 3 rings (SSSR count). The lowest BCUT2D eigenvalue weighted by Crippen LogP contribution is -2.32. The van der Waals surface area contributed by atoms with Crippen molar-refractivity contribution < 1.29 is 14.3 Å². The maximum atomic E-state index is 12.8. The molecule has 0 spiro atoms. The van der Waals surface area contributed by atoms with E-state index in [1.165, 1.54) is 11.8 Å². The summed E-state index contributed by atoms with van der Waals surface area (Å²) in [5, 5.41) is 2.90. The van der Waals surface area contributed by atoms with Crippen LogP contribution in [0.25, 0.3) is 6.08 Å². The number of fused-ring (bicyclic) bond motifs is 1. The van der Waals surface area contributed by atoms with Gasteiger partial charge in [-0.1, -0.05) is 23.9 Å². The lowest BCUT2D eigenvalue weighted by molar-refractivity contribution is -0.114. The third kappa shape index (κ3) is 4.99. The number of nitrogens with one attached hydrogen (secondary N) is 1. The molecule has 0 saturated carbocycles. The summed E-state index contributed by atoms with van der Waals surface area (Å²) in [7, 11) is 7.27. The van der Waals surface area contributed by atoms with Crippen LogP contribution in [0.1, 0.15) is 15.9 Å². The van der Waals surface area contributed by atoms with Crippen LogP contribution in [-0.4, -0.2) is 58.1 Å². The number of thioether (sulfide) groups is 1. The molecule has 1 aliphatic heterocycles. The molecule has 0 fully saturated rings. The summed E-state index contributed by atoms with van der Waals surface area (Å²) in [5.74, 6) is 0.539. The molecular formula is C22H25N3O3S. The Balaban J connectivity index is 1.80. The molecule has 1 N–H and O–H groups in total. The molecule has 0 bridgehead atoms. The number of benzene rings is 2. The maximum Gasteiger partial charge on any atom is 0.264 e. The van der Waals surface area contributed by atoms with Crippen LogP contribution < -0.4 is 15.0 Å². The Morgan fingerprint density at radius 1 is 1.21 bits per heavy atom. The van der Waals surface area contributed by atoms with Crippen molar-refractivity contribution >= 4 is 35.3 Å². The number of rotatable bonds is 6. The van der Waals surface area contributed by atoms with Gasteiger partial charge in [-0.3, -0.25) is 9.59 Å². The number of hydrogen-bond donors (Lipinski definition) is 1. The van der Waals surface area contributed by atoms with Gasteiger partial charge in [-0.25, -0.2) is 0 Å². The first-order chi connectivity index (χ1) is 13.9. The Morgan fingerprint density at radius 2 is 1.93 bits per heavy atom. The molecule has 2 aromatic carbocycles. The minimum atomic E-state index is -0.139. The van der Waals surface area contributed by atoms with Gasteiger partial charge in [0.05, 0.1) is 17.7 Å². The number of nitrogens with zero attached hydrogens (tertiary/aromatic N) is 2. The van der Waals surface area contributed by atoms with Crippen LogP contribution in [0.5, 0.6) is 5.75 Å². The molecule has 152 valence electrons. The summed E-state index contributed by atoms with van der Waals surface area (Å²) in [5.41, 5.74) is 2.22. The van der Waals surface area contributed by atoms with Crippen molar-refractivity contribution in [3.63, 3.8) is 0 Å². The van der Waals surface area contributed by atoms with Gasteiger partial charge in [0.25, 0.3) is 11.8 Å². The van der Waals surface area contributed by atoms with Crippen molar-refractivity contribution in [3.05, 3.63) is 58.5 Å². The molecule has 1 aliphatic rings. The second-order valence-corrected chi connectivity index (χ2v) is 8.07. The van der Waals surface area contributed by atoms with E-state index in [-0.39, 0.29) is 11.8 Å². The van der Waals surface area contributed by atoms with Crippen molar-refractivity contribution in [1.29, 1.82) is 0 Å². The topological polar surface area (TPSA) is 61.9 Å². The van der Waals surface area contributed by atoms with Crippen molar-refractivity contribution in [2.75, 3.05) is 46.2 Å². The predicted octanol–water partition coefficient (Wildman–Crippen LogP) is 3.10. The number of likely N-dealkylation sites (N-methyl/N-ethyl adjacent to an activating group) is 2. The molecular weight excluding hydrogens is 386 g/mol. The zero-order valence-corrected chi connectivity index (χ0v) is 17.9. The highest BCUT2D eigenvalue weighted by Gasteiger charge is 2.27. The quantitative estimate of drug-likeness (QED) is 0.740. The van der Waals surface area contributed by atoms with Gasteiger partial charge in [0.1, 0.15) is 5.75 Å². The van der Waals surface area contributed by atoms with Crippen molar-refractivity contribution in [2.24, 2.45) is 0 Å². The van der Waals surface area contributed by atoms with Gasteiger partial charge in [0.15, 0.2) is 0 Å². The Morgan fingerprint density at radius 3 is 2.59 bits per heavy atom. The molecule has 0 aliphatic carbocycles. The van der Waals surface area contributed by atoms with E-state index < -0.39 is 0 Å². The fraction of sp³-hybridized carbons (Fsp3) is 0.273. The molecule has 0 atom stereocenters. The number of methoxy groups -OCH3 is 1. The van der Waals surface area contributed by atoms with Gasteiger partial charge >= 0.3 is 0 Å². The second-order valence-electron chi connectivity index (χ2n) is 6.99. The van der Waals surface area contributed by atoms with E-state index in [2.05, 4.69) is 5.32 Å². The van der Waals surface area contributed by atoms with E-state index >= 15 is 0 Å². The summed E-state index contributed by atoms with van der Waals surface area (Å²) in [6, 6.07) is 13.0. The van der Waals surface area contributed by atoms with Gasteiger partial charge in [0, 0.05) is 30.6 Å². The summed E-state index contributed by atoms with van der Waals surface area (Å²) < 4.78 is 5.17. The van der Waals surface area contributed by atoms with Gasteiger partial charge in [-0.2, -0.15) is 0 Å². The molecule has 0 aromatic heterocycles. The largest absolute Gasteiger partial charge is 0.497 e. The molecule has 29 heavy (non-hydrogen) atoms. The first kappa shape index (κ1) is 21.0. The fourth-order valence-corrected chi connectivity index (χ4v) is 3.97. The lowest BCUT2D eigenvalue weighted by Gasteiger charge is -2.27. The first-order valence-electron chi connectivity index (χ1n) is 9.27. The highest BCUT2D eigenvalue weighted by Crippen LogP contribution is 2.42. The van der Waals surface area contributed by atoms with Gasteiger partial charge in [-0.15, -0.1) is 0 Å². The summed E-state index contributed by atoms with van der Waals surface area (Å²) in [4.78, 5) is 30.4. The first-order valence-corrected chi connectivity index (χ1v) is 10.1. The number of carbonyl (C=O) groups excluding carboxylic acids is 2. The van der Waals surface area contributed by atoms with E-state index in [9.17, 15) is 9.59 Å². The Kier molecular flexibility index (Phi) is 6.61. The lowest BCUT2D eigenvalue weighted by atomic mass is 10.1. The van der Waals surface area contributed by atoms with Crippen LogP contribution in [0.4, 0.5) is 5.69 Å². The molecule has 0 unspecified atom stereocenters. The van der Waals surface area contributed by atoms with Crippen LogP contribution in [0.3, 0.4) is 0 Å². The molecule has 2 amide bonds. The summed E-state index contributed by atoms with van der Waals surface area (Å²) in [6.07, 6.45) is 1.87. The van der Waals surface area contributed by atoms with Crippen LogP contribution in [-0.2, 0) is 4.79 Å². The maximum absolute atomic E-state index is 12.8. The van der Waals surface area contributed by atoms with Crippen molar-refractivity contribution in [2.45, 2.75) is 4.90 Å². The SMILES string of the molecule is COc1ccc(/C=C2\Sc3ccc(C(=O)NCCN(C)C)cc3N(C)C2=O)cc1. The molecule has 0 radical (unpaired) electrons. The van der Waals surface area contributed by atoms with Crippen molar-refractivity contribution in [3.8, 4) is 5.75 Å². The number of anilines is 1. The van der Waals surface area contributed by atoms with E-state index in [0.29, 0.717) is 17.0 Å². The highest BCUT2D eigenvalue weighted by molar-refractivity contribution is 8.04. The Bertz CT molecular complexity index is 939. The molecule has 2 aromatic rings. The number of ether oxygens (including phenoxy) is 1. The minimum absolute atomic E-state index is 0.0940.